The number of amides is 1. The van der Waals surface area contributed by atoms with Gasteiger partial charge in [0.15, 0.2) is 0 Å². The van der Waals surface area contributed by atoms with Crippen molar-refractivity contribution in [1.29, 1.82) is 0 Å². The number of ether oxygens (including phenoxy) is 1. The van der Waals surface area contributed by atoms with Gasteiger partial charge < -0.3 is 4.74 Å². The van der Waals surface area contributed by atoms with Crippen LogP contribution in [0.25, 0.3) is 0 Å². The molecule has 2 heterocycles. The zero-order chi connectivity index (χ0) is 17.3. The summed E-state index contributed by atoms with van der Waals surface area (Å²) >= 11 is 0. The summed E-state index contributed by atoms with van der Waals surface area (Å²) in [5, 5.41) is 7.64. The van der Waals surface area contributed by atoms with Crippen molar-refractivity contribution in [3.8, 4) is 0 Å². The number of nitrogens with one attached hydrogen (secondary N) is 1. The van der Waals surface area contributed by atoms with E-state index in [1.165, 1.54) is 0 Å². The van der Waals surface area contributed by atoms with Gasteiger partial charge in [-0.15, -0.1) is 0 Å². The molecule has 1 aliphatic heterocycles. The fourth-order valence-electron chi connectivity index (χ4n) is 2.88. The van der Waals surface area contributed by atoms with Gasteiger partial charge in [-0.2, -0.15) is 5.10 Å². The molecular formula is C18H24N4O2. The molecule has 24 heavy (non-hydrogen) atoms. The highest BCUT2D eigenvalue weighted by atomic mass is 16.6. The second-order valence-electron chi connectivity index (χ2n) is 7.11. The van der Waals surface area contributed by atoms with E-state index in [1.54, 1.807) is 9.58 Å². The molecule has 128 valence electrons. The minimum absolute atomic E-state index is 0.198. The molecular weight excluding hydrogens is 304 g/mol. The van der Waals surface area contributed by atoms with Crippen LogP contribution < -0.4 is 5.32 Å². The lowest BCUT2D eigenvalue weighted by Gasteiger charge is -2.29. The van der Waals surface area contributed by atoms with Crippen molar-refractivity contribution in [1.82, 2.24) is 20.0 Å². The SMILES string of the molecule is Cn1cc(CNC2c3ccccc3CN2C(=O)OC(C)(C)C)cn1. The van der Waals surface area contributed by atoms with E-state index in [9.17, 15) is 4.79 Å². The van der Waals surface area contributed by atoms with Gasteiger partial charge in [-0.3, -0.25) is 14.9 Å². The van der Waals surface area contributed by atoms with Crippen molar-refractivity contribution < 1.29 is 9.53 Å². The second kappa shape index (κ2) is 6.28. The van der Waals surface area contributed by atoms with Crippen LogP contribution >= 0.6 is 0 Å². The molecule has 0 radical (unpaired) electrons. The Kier molecular flexibility index (Phi) is 4.32. The monoisotopic (exact) mass is 328 g/mol. The van der Waals surface area contributed by atoms with Gasteiger partial charge in [0.1, 0.15) is 11.8 Å². The van der Waals surface area contributed by atoms with Gasteiger partial charge in [-0.25, -0.2) is 4.79 Å². The van der Waals surface area contributed by atoms with Crippen LogP contribution in [-0.2, 0) is 24.9 Å². The summed E-state index contributed by atoms with van der Waals surface area (Å²) in [5.41, 5.74) is 2.82. The van der Waals surface area contributed by atoms with Crippen LogP contribution in [0, 0.1) is 0 Å². The van der Waals surface area contributed by atoms with Gasteiger partial charge in [0.05, 0.1) is 12.7 Å². The smallest absolute Gasteiger partial charge is 0.412 e. The Hall–Kier alpha value is -2.34. The van der Waals surface area contributed by atoms with Crippen molar-refractivity contribution in [3.63, 3.8) is 0 Å². The molecule has 1 aromatic heterocycles. The molecule has 1 unspecified atom stereocenters. The Balaban J connectivity index is 1.79. The van der Waals surface area contributed by atoms with Crippen LogP contribution in [0.3, 0.4) is 0 Å². The van der Waals surface area contributed by atoms with E-state index in [-0.39, 0.29) is 12.3 Å². The third-order valence-electron chi connectivity index (χ3n) is 3.89. The highest BCUT2D eigenvalue weighted by Crippen LogP contribution is 2.33. The van der Waals surface area contributed by atoms with Gasteiger partial charge in [0.2, 0.25) is 0 Å². The summed E-state index contributed by atoms with van der Waals surface area (Å²) in [6.07, 6.45) is 3.29. The minimum Gasteiger partial charge on any atom is -0.444 e. The Labute approximate surface area is 142 Å². The number of carbonyl (C=O) groups is 1. The van der Waals surface area contributed by atoms with Crippen LogP contribution in [0.4, 0.5) is 4.79 Å². The number of aryl methyl sites for hydroxylation is 1. The molecule has 0 saturated heterocycles. The summed E-state index contributed by atoms with van der Waals surface area (Å²) in [5.74, 6) is 0. The van der Waals surface area contributed by atoms with Crippen LogP contribution in [-0.4, -0.2) is 26.4 Å². The van der Waals surface area contributed by atoms with Crippen molar-refractivity contribution >= 4 is 6.09 Å². The normalized spacial score (nSPS) is 17.0. The number of carbonyl (C=O) groups excluding carboxylic acids is 1. The topological polar surface area (TPSA) is 59.4 Å². The Morgan fingerprint density at radius 2 is 2.12 bits per heavy atom. The molecule has 6 nitrogen and oxygen atoms in total. The van der Waals surface area contributed by atoms with Crippen molar-refractivity contribution in [2.75, 3.05) is 0 Å². The number of hydrogen-bond acceptors (Lipinski definition) is 4. The summed E-state index contributed by atoms with van der Waals surface area (Å²) in [6.45, 7) is 6.83. The molecule has 0 aliphatic carbocycles. The van der Waals surface area contributed by atoms with Crippen LogP contribution in [0.2, 0.25) is 0 Å². The molecule has 1 N–H and O–H groups in total. The highest BCUT2D eigenvalue weighted by Gasteiger charge is 2.35. The lowest BCUT2D eigenvalue weighted by molar-refractivity contribution is 0.0137. The van der Waals surface area contributed by atoms with E-state index in [4.69, 9.17) is 4.74 Å². The maximum absolute atomic E-state index is 12.6. The van der Waals surface area contributed by atoms with E-state index in [2.05, 4.69) is 22.5 Å². The Bertz CT molecular complexity index is 733. The largest absolute Gasteiger partial charge is 0.444 e. The average Bonchev–Trinajstić information content (AvgIpc) is 3.07. The molecule has 3 rings (SSSR count). The average molecular weight is 328 g/mol. The fraction of sp³-hybridized carbons (Fsp3) is 0.444. The van der Waals surface area contributed by atoms with E-state index < -0.39 is 5.60 Å². The van der Waals surface area contributed by atoms with Crippen LogP contribution in [0.5, 0.6) is 0 Å². The third kappa shape index (κ3) is 3.59. The van der Waals surface area contributed by atoms with Gasteiger partial charge >= 0.3 is 6.09 Å². The summed E-state index contributed by atoms with van der Waals surface area (Å²) in [7, 11) is 1.89. The number of fused-ring (bicyclic) bond motifs is 1. The lowest BCUT2D eigenvalue weighted by Crippen LogP contribution is -2.40. The minimum atomic E-state index is -0.514. The zero-order valence-electron chi connectivity index (χ0n) is 14.6. The first-order valence-corrected chi connectivity index (χ1v) is 8.12. The number of nitrogens with zero attached hydrogens (tertiary/aromatic N) is 3. The van der Waals surface area contributed by atoms with Gasteiger partial charge in [0.25, 0.3) is 0 Å². The van der Waals surface area contributed by atoms with E-state index >= 15 is 0 Å². The predicted octanol–water partition coefficient (Wildman–Crippen LogP) is 2.96. The van der Waals surface area contributed by atoms with Crippen molar-refractivity contribution in [2.24, 2.45) is 7.05 Å². The fourth-order valence-corrected chi connectivity index (χ4v) is 2.88. The molecule has 2 aromatic rings. The van der Waals surface area contributed by atoms with Gasteiger partial charge in [-0.1, -0.05) is 24.3 Å². The maximum Gasteiger partial charge on any atom is 0.412 e. The molecule has 0 fully saturated rings. The van der Waals surface area contributed by atoms with Crippen molar-refractivity contribution in [3.05, 3.63) is 53.3 Å². The van der Waals surface area contributed by atoms with Crippen LogP contribution in [0.1, 0.15) is 43.6 Å². The molecule has 6 heteroatoms. The number of hydrogen-bond donors (Lipinski definition) is 1. The standard InChI is InChI=1S/C18H24N4O2/c1-18(2,3)24-17(23)22-12-14-7-5-6-8-15(14)16(22)19-9-13-10-20-21(4)11-13/h5-8,10-11,16,19H,9,12H2,1-4H3. The molecule has 1 amide bonds. The molecule has 0 saturated carbocycles. The quantitative estimate of drug-likeness (QED) is 0.941. The van der Waals surface area contributed by atoms with E-state index in [0.29, 0.717) is 13.1 Å². The molecule has 1 aliphatic rings. The Morgan fingerprint density at radius 3 is 2.79 bits per heavy atom. The summed E-state index contributed by atoms with van der Waals surface area (Å²) in [4.78, 5) is 14.3. The van der Waals surface area contributed by atoms with Gasteiger partial charge in [0, 0.05) is 25.4 Å². The second-order valence-corrected chi connectivity index (χ2v) is 7.11. The summed E-state index contributed by atoms with van der Waals surface area (Å²) < 4.78 is 7.34. The first kappa shape index (κ1) is 16.5. The third-order valence-corrected chi connectivity index (χ3v) is 3.89. The maximum atomic E-state index is 12.6. The molecule has 0 spiro atoms. The van der Waals surface area contributed by atoms with E-state index in [1.807, 2.05) is 52.3 Å². The lowest BCUT2D eigenvalue weighted by atomic mass is 10.1. The van der Waals surface area contributed by atoms with Crippen molar-refractivity contribution in [2.45, 2.75) is 45.6 Å². The predicted molar refractivity (Wildman–Crippen MR) is 91.0 cm³/mol. The van der Waals surface area contributed by atoms with E-state index in [0.717, 1.165) is 16.7 Å². The first-order chi connectivity index (χ1) is 11.3. The molecule has 1 atom stereocenters. The number of aromatic nitrogens is 2. The Morgan fingerprint density at radius 1 is 1.38 bits per heavy atom. The zero-order valence-corrected chi connectivity index (χ0v) is 14.6. The highest BCUT2D eigenvalue weighted by molar-refractivity contribution is 5.70. The number of benzene rings is 1. The van der Waals surface area contributed by atoms with Gasteiger partial charge in [-0.05, 0) is 31.9 Å². The molecule has 1 aromatic carbocycles. The first-order valence-electron chi connectivity index (χ1n) is 8.12. The molecule has 0 bridgehead atoms. The number of rotatable bonds is 3. The van der Waals surface area contributed by atoms with Crippen LogP contribution in [0.15, 0.2) is 36.7 Å². The summed E-state index contributed by atoms with van der Waals surface area (Å²) in [6, 6.07) is 8.10.